The van der Waals surface area contributed by atoms with E-state index in [9.17, 15) is 15.8 Å². The minimum absolute atomic E-state index is 0.346. The third kappa shape index (κ3) is 5.03. The van der Waals surface area contributed by atoms with E-state index in [0.717, 1.165) is 82.5 Å². The van der Waals surface area contributed by atoms with Gasteiger partial charge in [-0.1, -0.05) is 146 Å². The van der Waals surface area contributed by atoms with Crippen molar-refractivity contribution in [3.63, 3.8) is 0 Å². The molecule has 6 heteroatoms. The summed E-state index contributed by atoms with van der Waals surface area (Å²) in [6, 6.07) is 73.3. The van der Waals surface area contributed by atoms with Crippen molar-refractivity contribution in [1.29, 1.82) is 15.8 Å². The molecule has 12 rings (SSSR count). The first-order chi connectivity index (χ1) is 31.2. The van der Waals surface area contributed by atoms with Crippen molar-refractivity contribution >= 4 is 65.4 Å². The van der Waals surface area contributed by atoms with Crippen LogP contribution in [0.3, 0.4) is 0 Å². The van der Waals surface area contributed by atoms with Crippen LogP contribution in [-0.2, 0) is 0 Å². The van der Waals surface area contributed by atoms with Crippen molar-refractivity contribution in [2.75, 3.05) is 0 Å². The molecular weight excluding hydrogens is 769 g/mol. The zero-order chi connectivity index (χ0) is 42.2. The van der Waals surface area contributed by atoms with E-state index < -0.39 is 0 Å². The van der Waals surface area contributed by atoms with Crippen LogP contribution in [0.25, 0.3) is 105 Å². The van der Waals surface area contributed by atoms with Gasteiger partial charge in [0.15, 0.2) is 0 Å². The monoisotopic (exact) mass is 800 g/mol. The number of rotatable bonds is 5. The fourth-order valence-corrected chi connectivity index (χ4v) is 10.1. The van der Waals surface area contributed by atoms with Gasteiger partial charge in [-0.05, 0) is 48.5 Å². The first-order valence-corrected chi connectivity index (χ1v) is 20.8. The topological polar surface area (TPSA) is 86.2 Å². The normalized spacial score (nSPS) is 11.4. The van der Waals surface area contributed by atoms with Gasteiger partial charge >= 0.3 is 0 Å². The molecule has 0 N–H and O–H groups in total. The summed E-state index contributed by atoms with van der Waals surface area (Å²) < 4.78 is 6.94. The summed E-state index contributed by atoms with van der Waals surface area (Å²) >= 11 is 0. The molecule has 0 spiro atoms. The summed E-state index contributed by atoms with van der Waals surface area (Å²) in [7, 11) is 0. The van der Waals surface area contributed by atoms with Crippen molar-refractivity contribution in [3.8, 4) is 57.5 Å². The van der Waals surface area contributed by atoms with E-state index in [4.69, 9.17) is 0 Å². The van der Waals surface area contributed by atoms with Crippen molar-refractivity contribution < 1.29 is 0 Å². The highest BCUT2D eigenvalue weighted by Crippen LogP contribution is 2.52. The number of nitrogens with zero attached hydrogens (tertiary/aromatic N) is 6. The Labute approximate surface area is 361 Å². The Morgan fingerprint density at radius 2 is 0.524 bits per heavy atom. The number of aromatic nitrogens is 3. The third-order valence-corrected chi connectivity index (χ3v) is 12.6. The Hall–Kier alpha value is -9.15. The molecule has 9 aromatic carbocycles. The molecule has 0 aliphatic rings. The molecule has 0 radical (unpaired) electrons. The summed E-state index contributed by atoms with van der Waals surface area (Å²) in [4.78, 5) is 0. The fourth-order valence-electron chi connectivity index (χ4n) is 10.1. The van der Waals surface area contributed by atoms with Crippen molar-refractivity contribution in [1.82, 2.24) is 13.7 Å². The summed E-state index contributed by atoms with van der Waals surface area (Å²) in [5, 5.41) is 40.3. The molecule has 6 nitrogen and oxygen atoms in total. The van der Waals surface area contributed by atoms with Gasteiger partial charge in [0.2, 0.25) is 0 Å². The molecule has 0 saturated carbocycles. The van der Waals surface area contributed by atoms with Crippen LogP contribution in [0, 0.1) is 34.0 Å². The average molecular weight is 801 g/mol. The molecule has 0 bridgehead atoms. The van der Waals surface area contributed by atoms with Gasteiger partial charge in [0, 0.05) is 54.6 Å². The van der Waals surface area contributed by atoms with Crippen LogP contribution in [0.2, 0.25) is 0 Å². The van der Waals surface area contributed by atoms with Crippen LogP contribution in [-0.4, -0.2) is 13.7 Å². The van der Waals surface area contributed by atoms with Gasteiger partial charge in [-0.2, -0.15) is 15.8 Å². The van der Waals surface area contributed by atoms with Gasteiger partial charge in [-0.3, -0.25) is 0 Å². The zero-order valence-electron chi connectivity index (χ0n) is 33.7. The van der Waals surface area contributed by atoms with Crippen molar-refractivity contribution in [3.05, 3.63) is 211 Å². The maximum atomic E-state index is 12.1. The molecule has 0 aliphatic heterocycles. The van der Waals surface area contributed by atoms with E-state index in [2.05, 4.69) is 178 Å². The fraction of sp³-hybridized carbons (Fsp3) is 0. The molecule has 0 atom stereocenters. The Morgan fingerprint density at radius 1 is 0.270 bits per heavy atom. The average Bonchev–Trinajstić information content (AvgIpc) is 3.99. The quantitative estimate of drug-likeness (QED) is 0.174. The lowest BCUT2D eigenvalue weighted by molar-refractivity contribution is 1.05. The lowest BCUT2D eigenvalue weighted by Gasteiger charge is -2.29. The number of hydrogen-bond acceptors (Lipinski definition) is 3. The van der Waals surface area contributed by atoms with Gasteiger partial charge in [-0.15, -0.1) is 0 Å². The van der Waals surface area contributed by atoms with E-state index in [-0.39, 0.29) is 0 Å². The van der Waals surface area contributed by atoms with Crippen LogP contribution in [0.4, 0.5) is 0 Å². The lowest BCUT2D eigenvalue weighted by atomic mass is 9.85. The number of nitriles is 3. The molecule has 0 fully saturated rings. The molecule has 0 unspecified atom stereocenters. The predicted molar refractivity (Wildman–Crippen MR) is 254 cm³/mol. The molecular formula is C57H32N6. The third-order valence-electron chi connectivity index (χ3n) is 12.6. The molecule has 3 aromatic heterocycles. The maximum Gasteiger partial charge on any atom is 0.101 e. The highest BCUT2D eigenvalue weighted by Gasteiger charge is 2.34. The van der Waals surface area contributed by atoms with Crippen LogP contribution in [0.15, 0.2) is 194 Å². The standard InChI is InChI=1S/C57H32N6/c58-33-36-17-1-3-19-38(36)53-46(35-60)54(39-20-4-2-18-37(39)34-59)56(62-49-29-13-7-23-42(49)43-24-8-14-30-50(43)62)57(63-51-31-15-9-25-44(51)45-26-10-16-32-52(45)63)55(53)61-47-27-11-5-21-40(47)41-22-6-12-28-48(41)61/h1-32H. The molecule has 0 amide bonds. The van der Waals surface area contributed by atoms with E-state index in [1.165, 1.54) is 0 Å². The van der Waals surface area contributed by atoms with Crippen LogP contribution in [0.5, 0.6) is 0 Å². The van der Waals surface area contributed by atoms with Crippen molar-refractivity contribution in [2.45, 2.75) is 0 Å². The molecule has 3 heterocycles. The molecule has 12 aromatic rings. The second-order valence-corrected chi connectivity index (χ2v) is 15.7. The highest BCUT2D eigenvalue weighted by atomic mass is 15.1. The molecule has 0 aliphatic carbocycles. The Morgan fingerprint density at radius 3 is 0.810 bits per heavy atom. The smallest absolute Gasteiger partial charge is 0.101 e. The maximum absolute atomic E-state index is 12.1. The summed E-state index contributed by atoms with van der Waals surface area (Å²) in [6.45, 7) is 0. The summed E-state index contributed by atoms with van der Waals surface area (Å²) in [6.07, 6.45) is 0. The Kier molecular flexibility index (Phi) is 7.93. The number of hydrogen-bond donors (Lipinski definition) is 0. The van der Waals surface area contributed by atoms with E-state index >= 15 is 0 Å². The van der Waals surface area contributed by atoms with Gasteiger partial charge in [-0.25, -0.2) is 0 Å². The van der Waals surface area contributed by atoms with Gasteiger partial charge in [0.1, 0.15) is 6.07 Å². The molecule has 290 valence electrons. The minimum atomic E-state index is 0.346. The predicted octanol–water partition coefficient (Wildman–Crippen LogP) is 13.9. The number of fused-ring (bicyclic) bond motifs is 9. The first kappa shape index (κ1) is 35.8. The van der Waals surface area contributed by atoms with Crippen molar-refractivity contribution in [2.24, 2.45) is 0 Å². The van der Waals surface area contributed by atoms with E-state index in [1.54, 1.807) is 0 Å². The van der Waals surface area contributed by atoms with Crippen LogP contribution >= 0.6 is 0 Å². The summed E-state index contributed by atoms with van der Waals surface area (Å²) in [5.41, 5.74) is 11.5. The second kappa shape index (κ2) is 14.0. The van der Waals surface area contributed by atoms with Crippen LogP contribution in [0.1, 0.15) is 16.7 Å². The SMILES string of the molecule is N#Cc1ccccc1-c1c(C#N)c(-c2ccccc2C#N)c(-n2c3ccccc3c3ccccc32)c(-n2c3ccccc3c3ccccc32)c1-n1c2ccccc2c2ccccc21. The van der Waals surface area contributed by atoms with E-state index in [1.807, 2.05) is 48.5 Å². The number of para-hydroxylation sites is 6. The minimum Gasteiger partial charge on any atom is -0.306 e. The first-order valence-electron chi connectivity index (χ1n) is 20.8. The van der Waals surface area contributed by atoms with Gasteiger partial charge in [0.25, 0.3) is 0 Å². The van der Waals surface area contributed by atoms with Gasteiger partial charge in [0.05, 0.1) is 79.0 Å². The lowest BCUT2D eigenvalue weighted by Crippen LogP contribution is -2.15. The van der Waals surface area contributed by atoms with Gasteiger partial charge < -0.3 is 13.7 Å². The largest absolute Gasteiger partial charge is 0.306 e. The molecule has 0 saturated heterocycles. The van der Waals surface area contributed by atoms with Crippen LogP contribution < -0.4 is 0 Å². The highest BCUT2D eigenvalue weighted by molar-refractivity contribution is 6.16. The Bertz CT molecular complexity index is 3670. The van der Waals surface area contributed by atoms with E-state index in [0.29, 0.717) is 38.9 Å². The Balaban J connectivity index is 1.50. The molecule has 63 heavy (non-hydrogen) atoms. The second-order valence-electron chi connectivity index (χ2n) is 15.7. The zero-order valence-corrected chi connectivity index (χ0v) is 33.7. The summed E-state index contributed by atoms with van der Waals surface area (Å²) in [5.74, 6) is 0. The number of benzene rings is 9.